The van der Waals surface area contributed by atoms with E-state index in [0.29, 0.717) is 5.16 Å². The number of benzene rings is 2. The van der Waals surface area contributed by atoms with Gasteiger partial charge >= 0.3 is 0 Å². The highest BCUT2D eigenvalue weighted by Crippen LogP contribution is 2.43. The number of hydrogen-bond acceptors (Lipinski definition) is 8. The van der Waals surface area contributed by atoms with Gasteiger partial charge in [0.1, 0.15) is 0 Å². The largest absolute Gasteiger partial charge is 0.368 e. The number of amides is 1. The minimum Gasteiger partial charge on any atom is -0.368 e. The number of para-hydroxylation sites is 1. The van der Waals surface area contributed by atoms with Gasteiger partial charge in [0.2, 0.25) is 17.8 Å². The fourth-order valence-corrected chi connectivity index (χ4v) is 4.94. The summed E-state index contributed by atoms with van der Waals surface area (Å²) in [5.41, 5.74) is 13.3. The first-order valence-electron chi connectivity index (χ1n) is 8.60. The first-order valence-corrected chi connectivity index (χ1v) is 10.6. The summed E-state index contributed by atoms with van der Waals surface area (Å²) in [6, 6.07) is 18.0. The molecule has 0 saturated carbocycles. The van der Waals surface area contributed by atoms with E-state index in [-0.39, 0.29) is 29.6 Å². The summed E-state index contributed by atoms with van der Waals surface area (Å²) in [4.78, 5) is 28.1. The fourth-order valence-electron chi connectivity index (χ4n) is 3.07. The van der Waals surface area contributed by atoms with Gasteiger partial charge in [0, 0.05) is 10.6 Å². The van der Waals surface area contributed by atoms with Crippen LogP contribution in [0.15, 0.2) is 64.6 Å². The third-order valence-corrected chi connectivity index (χ3v) is 6.23. The Kier molecular flexibility index (Phi) is 5.36. The van der Waals surface area contributed by atoms with Gasteiger partial charge in [-0.3, -0.25) is 4.79 Å². The van der Waals surface area contributed by atoms with Crippen LogP contribution in [0.4, 0.5) is 17.6 Å². The van der Waals surface area contributed by atoms with Gasteiger partial charge in [-0.2, -0.15) is 15.0 Å². The quantitative estimate of drug-likeness (QED) is 0.632. The number of carbonyl (C=O) groups excluding carboxylic acids is 1. The lowest BCUT2D eigenvalue weighted by molar-refractivity contribution is -0.116. The number of fused-ring (bicyclic) bond motifs is 1. The minimum atomic E-state index is -0.0392. The van der Waals surface area contributed by atoms with Crippen LogP contribution >= 0.6 is 23.5 Å². The second-order valence-corrected chi connectivity index (χ2v) is 8.10. The molecule has 4 N–H and O–H groups in total. The predicted octanol–water partition coefficient (Wildman–Crippen LogP) is 3.01. The van der Waals surface area contributed by atoms with Gasteiger partial charge in [-0.25, -0.2) is 0 Å². The molecule has 0 saturated heterocycles. The molecule has 1 amide bonds. The van der Waals surface area contributed by atoms with Crippen LogP contribution in [0.2, 0.25) is 0 Å². The van der Waals surface area contributed by atoms with Crippen molar-refractivity contribution in [1.82, 2.24) is 15.0 Å². The number of nitrogen functional groups attached to an aromatic ring is 2. The zero-order chi connectivity index (χ0) is 19.5. The van der Waals surface area contributed by atoms with Crippen LogP contribution in [0.5, 0.6) is 0 Å². The van der Waals surface area contributed by atoms with Gasteiger partial charge in [-0.1, -0.05) is 54.2 Å². The van der Waals surface area contributed by atoms with Crippen molar-refractivity contribution in [2.24, 2.45) is 0 Å². The highest BCUT2D eigenvalue weighted by Gasteiger charge is 2.32. The summed E-state index contributed by atoms with van der Waals surface area (Å²) in [5.74, 6) is 1.03. The number of anilines is 3. The van der Waals surface area contributed by atoms with Gasteiger partial charge in [0.15, 0.2) is 5.16 Å². The van der Waals surface area contributed by atoms with Crippen molar-refractivity contribution in [3.05, 3.63) is 60.2 Å². The average Bonchev–Trinajstić information content (AvgIpc) is 2.71. The Morgan fingerprint density at radius 2 is 1.71 bits per heavy atom. The summed E-state index contributed by atoms with van der Waals surface area (Å²) >= 11 is 2.97. The number of nitrogens with two attached hydrogens (primary N) is 2. The molecule has 0 unspecified atom stereocenters. The molecule has 1 aliphatic heterocycles. The lowest BCUT2D eigenvalue weighted by Gasteiger charge is -2.37. The van der Waals surface area contributed by atoms with Crippen LogP contribution in [-0.4, -0.2) is 32.4 Å². The average molecular weight is 411 g/mol. The molecule has 1 aromatic heterocycles. The molecule has 2 heterocycles. The zero-order valence-corrected chi connectivity index (χ0v) is 16.5. The van der Waals surface area contributed by atoms with Crippen molar-refractivity contribution in [2.75, 3.05) is 27.9 Å². The first kappa shape index (κ1) is 18.6. The standard InChI is InChI=1S/C19H18N6OS2/c20-17-22-18(21)24-19(23-17)28-11-16(26)25-13-8-4-5-9-15(13)27-10-14(25)12-6-2-1-3-7-12/h1-9,14H,10-11H2,(H4,20,21,22,23,24)/t14-/m0/s1. The minimum absolute atomic E-state index is 0.0239. The van der Waals surface area contributed by atoms with Gasteiger partial charge in [0.05, 0.1) is 17.5 Å². The van der Waals surface area contributed by atoms with E-state index in [1.165, 1.54) is 11.8 Å². The van der Waals surface area contributed by atoms with Gasteiger partial charge in [0.25, 0.3) is 0 Å². The molecule has 7 nitrogen and oxygen atoms in total. The third kappa shape index (κ3) is 3.90. The molecule has 0 spiro atoms. The Balaban J connectivity index is 1.62. The fraction of sp³-hybridized carbons (Fsp3) is 0.158. The molecule has 9 heteroatoms. The molecule has 3 aromatic rings. The van der Waals surface area contributed by atoms with E-state index in [9.17, 15) is 4.79 Å². The van der Waals surface area contributed by atoms with Crippen molar-refractivity contribution in [3.8, 4) is 0 Å². The van der Waals surface area contributed by atoms with E-state index < -0.39 is 0 Å². The van der Waals surface area contributed by atoms with Crippen molar-refractivity contribution >= 4 is 47.0 Å². The molecule has 0 fully saturated rings. The topological polar surface area (TPSA) is 111 Å². The Labute approximate surface area is 171 Å². The summed E-state index contributed by atoms with van der Waals surface area (Å²) in [7, 11) is 0. The molecule has 2 aromatic carbocycles. The maximum Gasteiger partial charge on any atom is 0.238 e. The second kappa shape index (κ2) is 8.07. The van der Waals surface area contributed by atoms with Gasteiger partial charge < -0.3 is 16.4 Å². The lowest BCUT2D eigenvalue weighted by atomic mass is 10.1. The predicted molar refractivity (Wildman–Crippen MR) is 113 cm³/mol. The maximum absolute atomic E-state index is 13.2. The number of rotatable bonds is 4. The Bertz CT molecular complexity index is 980. The van der Waals surface area contributed by atoms with E-state index >= 15 is 0 Å². The van der Waals surface area contributed by atoms with E-state index in [2.05, 4.69) is 27.1 Å². The number of nitrogens with zero attached hydrogens (tertiary/aromatic N) is 4. The van der Waals surface area contributed by atoms with Gasteiger partial charge in [-0.15, -0.1) is 11.8 Å². The molecule has 142 valence electrons. The molecule has 1 atom stereocenters. The molecule has 28 heavy (non-hydrogen) atoms. The monoisotopic (exact) mass is 410 g/mol. The Morgan fingerprint density at radius 3 is 2.46 bits per heavy atom. The third-order valence-electron chi connectivity index (χ3n) is 4.26. The van der Waals surface area contributed by atoms with E-state index in [1.807, 2.05) is 47.4 Å². The van der Waals surface area contributed by atoms with Crippen LogP contribution in [0.25, 0.3) is 0 Å². The SMILES string of the molecule is Nc1nc(N)nc(SCC(=O)N2c3ccccc3SC[C@H]2c2ccccc2)n1. The highest BCUT2D eigenvalue weighted by atomic mass is 32.2. The summed E-state index contributed by atoms with van der Waals surface area (Å²) in [5, 5.41) is 0.342. The smallest absolute Gasteiger partial charge is 0.238 e. The second-order valence-electron chi connectivity index (χ2n) is 6.09. The number of carbonyl (C=O) groups is 1. The molecule has 0 bridgehead atoms. The van der Waals surface area contributed by atoms with Crippen molar-refractivity contribution in [1.29, 1.82) is 0 Å². The summed E-state index contributed by atoms with van der Waals surface area (Å²) in [6.45, 7) is 0. The number of hydrogen-bond donors (Lipinski definition) is 2. The maximum atomic E-state index is 13.2. The van der Waals surface area contributed by atoms with E-state index in [4.69, 9.17) is 11.5 Å². The van der Waals surface area contributed by atoms with Crippen molar-refractivity contribution < 1.29 is 4.79 Å². The number of aromatic nitrogens is 3. The first-order chi connectivity index (χ1) is 13.6. The van der Waals surface area contributed by atoms with E-state index in [0.717, 1.165) is 21.9 Å². The number of thioether (sulfide) groups is 2. The van der Waals surface area contributed by atoms with Crippen LogP contribution in [-0.2, 0) is 4.79 Å². The van der Waals surface area contributed by atoms with Crippen molar-refractivity contribution in [3.63, 3.8) is 0 Å². The molecule has 0 aliphatic carbocycles. The summed E-state index contributed by atoms with van der Waals surface area (Å²) in [6.07, 6.45) is 0. The van der Waals surface area contributed by atoms with Crippen LogP contribution in [0.1, 0.15) is 11.6 Å². The zero-order valence-electron chi connectivity index (χ0n) is 14.9. The van der Waals surface area contributed by atoms with E-state index in [1.54, 1.807) is 11.8 Å². The van der Waals surface area contributed by atoms with Crippen LogP contribution < -0.4 is 16.4 Å². The lowest BCUT2D eigenvalue weighted by Crippen LogP contribution is -2.39. The van der Waals surface area contributed by atoms with Crippen molar-refractivity contribution in [2.45, 2.75) is 16.1 Å². The molecular weight excluding hydrogens is 392 g/mol. The molecule has 0 radical (unpaired) electrons. The van der Waals surface area contributed by atoms with Crippen LogP contribution in [0.3, 0.4) is 0 Å². The highest BCUT2D eigenvalue weighted by molar-refractivity contribution is 8.00. The van der Waals surface area contributed by atoms with Crippen LogP contribution in [0, 0.1) is 0 Å². The Hall–Kier alpha value is -2.78. The molecule has 4 rings (SSSR count). The normalized spacial score (nSPS) is 15.9. The van der Waals surface area contributed by atoms with Gasteiger partial charge in [-0.05, 0) is 17.7 Å². The Morgan fingerprint density at radius 1 is 1.04 bits per heavy atom. The molecule has 1 aliphatic rings. The summed E-state index contributed by atoms with van der Waals surface area (Å²) < 4.78 is 0. The molecular formula is C19H18N6OS2.